The van der Waals surface area contributed by atoms with E-state index in [4.69, 9.17) is 0 Å². The number of carboxylic acid groups (broad SMARTS) is 1. The molecule has 7 aromatic rings. The molecule has 0 aliphatic carbocycles. The van der Waals surface area contributed by atoms with E-state index in [1.165, 1.54) is 193 Å². The van der Waals surface area contributed by atoms with Crippen LogP contribution in [0.4, 0.5) is 0 Å². The van der Waals surface area contributed by atoms with Crippen LogP contribution in [0.15, 0.2) is 77.2 Å². The lowest BCUT2D eigenvalue weighted by Gasteiger charge is -2.29. The highest BCUT2D eigenvalue weighted by Gasteiger charge is 2.50. The minimum atomic E-state index is -0.901. The van der Waals surface area contributed by atoms with Crippen molar-refractivity contribution in [3.63, 3.8) is 0 Å². The summed E-state index contributed by atoms with van der Waals surface area (Å²) in [7, 11) is 0. The predicted molar refractivity (Wildman–Crippen MR) is 445 cm³/mol. The number of carbonyl (C=O) groups excluding carboxylic acids is 2. The summed E-state index contributed by atoms with van der Waals surface area (Å²) in [5.74, 6) is -0.288. The lowest BCUT2D eigenvalue weighted by atomic mass is 9.98. The topological polar surface area (TPSA) is 77.9 Å². The Kier molecular flexibility index (Phi) is 33.3. The summed E-state index contributed by atoms with van der Waals surface area (Å²) in [5, 5.41) is 12.3. The molecule has 550 valence electrons. The van der Waals surface area contributed by atoms with Gasteiger partial charge < -0.3 is 14.9 Å². The second-order valence-electron chi connectivity index (χ2n) is 29.5. The molecule has 101 heavy (non-hydrogen) atoms. The lowest BCUT2D eigenvalue weighted by Crippen LogP contribution is -2.34. The van der Waals surface area contributed by atoms with Gasteiger partial charge in [0.25, 0.3) is 11.8 Å². The Morgan fingerprint density at radius 2 is 0.683 bits per heavy atom. The number of amides is 2. The Morgan fingerprint density at radius 1 is 0.366 bits per heavy atom. The second kappa shape index (κ2) is 41.9. The molecular formula is C89H124N2O4S6. The van der Waals surface area contributed by atoms with E-state index >= 15 is 9.59 Å². The average Bonchev–Trinajstić information content (AvgIpc) is 1.55. The number of hydrogen-bond acceptors (Lipinski definition) is 9. The summed E-state index contributed by atoms with van der Waals surface area (Å²) in [6.07, 6.45) is 43.3. The van der Waals surface area contributed by atoms with Crippen LogP contribution in [-0.4, -0.2) is 45.8 Å². The molecule has 1 aromatic carbocycles. The summed E-state index contributed by atoms with van der Waals surface area (Å²) in [6.45, 7) is 24.1. The number of benzene rings is 1. The van der Waals surface area contributed by atoms with Crippen molar-refractivity contribution in [2.45, 2.75) is 313 Å². The van der Waals surface area contributed by atoms with Gasteiger partial charge in [-0.05, 0) is 195 Å². The van der Waals surface area contributed by atoms with E-state index in [1.54, 1.807) is 12.1 Å². The number of carbonyl (C=O) groups is 3. The first kappa shape index (κ1) is 80.4. The molecule has 0 radical (unpaired) electrons. The van der Waals surface area contributed by atoms with Crippen molar-refractivity contribution in [3.05, 3.63) is 126 Å². The van der Waals surface area contributed by atoms with Crippen LogP contribution in [0.2, 0.25) is 0 Å². The van der Waals surface area contributed by atoms with Gasteiger partial charge in [-0.3, -0.25) is 9.59 Å². The molecule has 8 heterocycles. The Balaban J connectivity index is 1.25. The molecule has 2 aliphatic rings. The van der Waals surface area contributed by atoms with Gasteiger partial charge in [-0.25, -0.2) is 4.79 Å². The van der Waals surface area contributed by atoms with Gasteiger partial charge in [0.15, 0.2) is 0 Å². The molecule has 12 heteroatoms. The highest BCUT2D eigenvalue weighted by molar-refractivity contribution is 7.28. The molecule has 9 rings (SSSR count). The first-order chi connectivity index (χ1) is 49.4. The predicted octanol–water partition coefficient (Wildman–Crippen LogP) is 29.1. The van der Waals surface area contributed by atoms with E-state index in [0.29, 0.717) is 41.6 Å². The molecule has 6 aromatic heterocycles. The fraction of sp³-hybridized carbons (Fsp3) is 0.584. The molecule has 2 unspecified atom stereocenters. The standard InChI is InChI=1S/C89H124N2O4S6/c1-11-21-29-35-43-64-53-74(96-61-64)83-70(47-39-33-25-15-5)57-76(100-83)84-68(45-37-31-23-13-3)54-72(97-84)80-78-79(88(93)90(80)59-62(19-9)41-27-17-7)81(91(87(78)92)60-63(20-10)42-28-18-8)73-55-69(46-38-32-24-14-4)85(98-73)77-58-71(48-40-34-26-16-6)86(101-77)75-56-67(44-36-30-22-12-2)82(99-75)65-49-51-66(52-50-65)89(94)95/h49-58,61-63H,11-48,59-60H2,1-10H3,(H,94,95). The third-order valence-electron chi connectivity index (χ3n) is 21.4. The maximum Gasteiger partial charge on any atom is 0.335 e. The van der Waals surface area contributed by atoms with Crippen LogP contribution in [0.1, 0.15) is 328 Å². The first-order valence-corrected chi connectivity index (χ1v) is 45.5. The Labute approximate surface area is 635 Å². The maximum absolute atomic E-state index is 16.6. The number of carboxylic acids is 1. The van der Waals surface area contributed by atoms with Gasteiger partial charge >= 0.3 is 5.97 Å². The van der Waals surface area contributed by atoms with Crippen LogP contribution in [0.3, 0.4) is 0 Å². The number of thiophene rings is 6. The van der Waals surface area contributed by atoms with E-state index in [1.807, 2.05) is 80.2 Å². The van der Waals surface area contributed by atoms with Gasteiger partial charge in [0.2, 0.25) is 0 Å². The number of aromatic carboxylic acids is 1. The average molecular weight is 1480 g/mol. The van der Waals surface area contributed by atoms with E-state index in [2.05, 4.69) is 121 Å². The van der Waals surface area contributed by atoms with Crippen LogP contribution >= 0.6 is 68.0 Å². The first-order valence-electron chi connectivity index (χ1n) is 40.6. The van der Waals surface area contributed by atoms with Crippen LogP contribution < -0.4 is 0 Å². The minimum Gasteiger partial charge on any atom is -0.478 e. The van der Waals surface area contributed by atoms with Crippen LogP contribution in [-0.2, 0) is 48.1 Å². The lowest BCUT2D eigenvalue weighted by molar-refractivity contribution is -0.124. The summed E-state index contributed by atoms with van der Waals surface area (Å²) in [6, 6.07) is 22.5. The van der Waals surface area contributed by atoms with Crippen molar-refractivity contribution in [2.75, 3.05) is 13.1 Å². The van der Waals surface area contributed by atoms with E-state index in [0.717, 1.165) is 155 Å². The second-order valence-corrected chi connectivity index (χ2v) is 35.7. The number of fused-ring (bicyclic) bond motifs is 1. The van der Waals surface area contributed by atoms with Crippen molar-refractivity contribution < 1.29 is 19.5 Å². The zero-order valence-corrected chi connectivity index (χ0v) is 68.7. The van der Waals surface area contributed by atoms with Crippen LogP contribution in [0.5, 0.6) is 0 Å². The molecule has 2 aliphatic heterocycles. The zero-order chi connectivity index (χ0) is 71.6. The molecule has 2 atom stereocenters. The molecule has 0 fully saturated rings. The van der Waals surface area contributed by atoms with Gasteiger partial charge in [0.1, 0.15) is 0 Å². The smallest absolute Gasteiger partial charge is 0.335 e. The van der Waals surface area contributed by atoms with Gasteiger partial charge in [-0.2, -0.15) is 0 Å². The quantitative estimate of drug-likeness (QED) is 0.0386. The molecule has 0 saturated carbocycles. The summed E-state index contributed by atoms with van der Waals surface area (Å²) in [5.41, 5.74) is 12.8. The van der Waals surface area contributed by atoms with Gasteiger partial charge in [-0.1, -0.05) is 235 Å². The SMILES string of the molecule is CCCCCCc1csc(-c2sc(-c3sc(C4=C5C(=O)N(CC(CC)CCCC)C(c6cc(CCCCCC)c(-c7cc(CCCCCC)c(-c8cc(CCCCCC)c(-c9ccc(C(=O)O)cc9)s8)s7)s6)=C5C(=O)N4CC(CC)CCCC)cc3CCCCCC)cc2CCCCCC)c1. The van der Waals surface area contributed by atoms with Gasteiger partial charge in [0.05, 0.1) is 37.9 Å². The minimum absolute atomic E-state index is 0.0108. The third-order valence-corrected chi connectivity index (χ3v) is 29.1. The zero-order valence-electron chi connectivity index (χ0n) is 63.8. The number of nitrogens with zero attached hydrogens (tertiary/aromatic N) is 2. The molecule has 0 spiro atoms. The largest absolute Gasteiger partial charge is 0.478 e. The highest BCUT2D eigenvalue weighted by Crippen LogP contribution is 2.55. The Hall–Kier alpha value is -4.69. The van der Waals surface area contributed by atoms with E-state index < -0.39 is 5.97 Å². The van der Waals surface area contributed by atoms with E-state index in [-0.39, 0.29) is 11.8 Å². The molecule has 2 amide bonds. The summed E-state index contributed by atoms with van der Waals surface area (Å²) >= 11 is 11.5. The summed E-state index contributed by atoms with van der Waals surface area (Å²) < 4.78 is 0. The number of rotatable bonds is 50. The van der Waals surface area contributed by atoms with Crippen molar-refractivity contribution >= 4 is 97.2 Å². The molecule has 0 bridgehead atoms. The Bertz CT molecular complexity index is 3780. The van der Waals surface area contributed by atoms with Gasteiger partial charge in [-0.15, -0.1) is 68.0 Å². The third kappa shape index (κ3) is 21.1. The molecule has 1 N–H and O–H groups in total. The van der Waals surface area contributed by atoms with Crippen molar-refractivity contribution in [1.82, 2.24) is 9.80 Å². The summed E-state index contributed by atoms with van der Waals surface area (Å²) in [4.78, 5) is 63.7. The van der Waals surface area contributed by atoms with Crippen molar-refractivity contribution in [2.24, 2.45) is 11.8 Å². The Morgan fingerprint density at radius 3 is 1.03 bits per heavy atom. The van der Waals surface area contributed by atoms with Crippen molar-refractivity contribution in [3.8, 4) is 49.5 Å². The molecule has 6 nitrogen and oxygen atoms in total. The van der Waals surface area contributed by atoms with Crippen molar-refractivity contribution in [1.29, 1.82) is 0 Å². The number of hydrogen-bond donors (Lipinski definition) is 1. The molecular weight excluding hydrogens is 1350 g/mol. The normalized spacial score (nSPS) is 14.0. The van der Waals surface area contributed by atoms with E-state index in [9.17, 15) is 9.90 Å². The highest BCUT2D eigenvalue weighted by atomic mass is 32.1. The fourth-order valence-electron chi connectivity index (χ4n) is 15.2. The number of unbranched alkanes of at least 4 members (excludes halogenated alkanes) is 20. The molecule has 0 saturated heterocycles. The number of aryl methyl sites for hydroxylation is 6. The fourth-order valence-corrected chi connectivity index (χ4v) is 22.9. The monoisotopic (exact) mass is 1480 g/mol. The maximum atomic E-state index is 16.6. The van der Waals surface area contributed by atoms with Gasteiger partial charge in [0, 0.05) is 57.0 Å². The van der Waals surface area contributed by atoms with Crippen LogP contribution in [0, 0.1) is 11.8 Å². The van der Waals surface area contributed by atoms with Crippen LogP contribution in [0.25, 0.3) is 60.9 Å².